The third-order valence-corrected chi connectivity index (χ3v) is 3.61. The molecule has 0 radical (unpaired) electrons. The van der Waals surface area contributed by atoms with E-state index in [0.29, 0.717) is 16.9 Å². The summed E-state index contributed by atoms with van der Waals surface area (Å²) in [6, 6.07) is 0. The van der Waals surface area contributed by atoms with Gasteiger partial charge in [-0.25, -0.2) is 9.97 Å². The molecule has 5 heteroatoms. The summed E-state index contributed by atoms with van der Waals surface area (Å²) in [5.41, 5.74) is 0. The topological polar surface area (TPSA) is 37.8 Å². The van der Waals surface area contributed by atoms with Crippen LogP contribution in [0.3, 0.4) is 0 Å². The molecule has 1 N–H and O–H groups in total. The second-order valence-corrected chi connectivity index (χ2v) is 5.39. The number of anilines is 1. The summed E-state index contributed by atoms with van der Waals surface area (Å²) in [5.74, 6) is 2.31. The van der Waals surface area contributed by atoms with Crippen LogP contribution in [-0.2, 0) is 0 Å². The van der Waals surface area contributed by atoms with Crippen molar-refractivity contribution in [2.24, 2.45) is 5.92 Å². The SMILES string of the molecule is CCCNc1ncc(Cl)c(SCC(C)C)n1. The molecular weight excluding hydrogens is 242 g/mol. The molecule has 90 valence electrons. The fourth-order valence-electron chi connectivity index (χ4n) is 1.02. The number of nitrogens with zero attached hydrogens (tertiary/aromatic N) is 2. The predicted molar refractivity (Wildman–Crippen MR) is 71.4 cm³/mol. The maximum Gasteiger partial charge on any atom is 0.223 e. The molecule has 1 aromatic rings. The Morgan fingerprint density at radius 3 is 2.88 bits per heavy atom. The number of hydrogen-bond acceptors (Lipinski definition) is 4. The van der Waals surface area contributed by atoms with Crippen LogP contribution in [0.2, 0.25) is 5.02 Å². The Morgan fingerprint density at radius 2 is 2.25 bits per heavy atom. The van der Waals surface area contributed by atoms with Crippen molar-refractivity contribution < 1.29 is 0 Å². The van der Waals surface area contributed by atoms with E-state index in [0.717, 1.165) is 23.7 Å². The van der Waals surface area contributed by atoms with Crippen LogP contribution in [0.1, 0.15) is 27.2 Å². The van der Waals surface area contributed by atoms with E-state index < -0.39 is 0 Å². The largest absolute Gasteiger partial charge is 0.354 e. The van der Waals surface area contributed by atoms with Gasteiger partial charge in [0, 0.05) is 12.3 Å². The van der Waals surface area contributed by atoms with E-state index in [1.165, 1.54) is 0 Å². The molecule has 0 unspecified atom stereocenters. The molecule has 0 saturated heterocycles. The van der Waals surface area contributed by atoms with Gasteiger partial charge in [-0.1, -0.05) is 32.4 Å². The Labute approximate surface area is 106 Å². The smallest absolute Gasteiger partial charge is 0.223 e. The molecule has 3 nitrogen and oxygen atoms in total. The van der Waals surface area contributed by atoms with Crippen LogP contribution in [0.5, 0.6) is 0 Å². The fraction of sp³-hybridized carbons (Fsp3) is 0.636. The molecule has 0 atom stereocenters. The first kappa shape index (κ1) is 13.6. The number of rotatable bonds is 6. The monoisotopic (exact) mass is 259 g/mol. The maximum absolute atomic E-state index is 6.04. The normalized spacial score (nSPS) is 10.8. The average molecular weight is 260 g/mol. The highest BCUT2D eigenvalue weighted by Crippen LogP contribution is 2.26. The Morgan fingerprint density at radius 1 is 1.50 bits per heavy atom. The molecule has 1 heterocycles. The third kappa shape index (κ3) is 4.58. The molecular formula is C11H18ClN3S. The standard InChI is InChI=1S/C11H18ClN3S/c1-4-5-13-11-14-6-9(12)10(15-11)16-7-8(2)3/h6,8H,4-5,7H2,1-3H3,(H,13,14,15). The lowest BCUT2D eigenvalue weighted by Crippen LogP contribution is -2.05. The van der Waals surface area contributed by atoms with Crippen molar-refractivity contribution in [3.8, 4) is 0 Å². The van der Waals surface area contributed by atoms with Crippen LogP contribution in [-0.4, -0.2) is 22.3 Å². The Balaban J connectivity index is 2.66. The number of halogens is 1. The van der Waals surface area contributed by atoms with Crippen LogP contribution in [0.15, 0.2) is 11.2 Å². The highest BCUT2D eigenvalue weighted by atomic mass is 35.5. The van der Waals surface area contributed by atoms with Crippen molar-refractivity contribution in [3.63, 3.8) is 0 Å². The van der Waals surface area contributed by atoms with E-state index in [4.69, 9.17) is 11.6 Å². The molecule has 0 spiro atoms. The first-order valence-electron chi connectivity index (χ1n) is 5.52. The molecule has 0 aromatic carbocycles. The van der Waals surface area contributed by atoms with Gasteiger partial charge in [-0.2, -0.15) is 0 Å². The number of thioether (sulfide) groups is 1. The van der Waals surface area contributed by atoms with Gasteiger partial charge in [-0.05, 0) is 12.3 Å². The van der Waals surface area contributed by atoms with Crippen molar-refractivity contribution in [1.29, 1.82) is 0 Å². The summed E-state index contributed by atoms with van der Waals surface area (Å²) >= 11 is 7.72. The van der Waals surface area contributed by atoms with Crippen LogP contribution in [0.4, 0.5) is 5.95 Å². The lowest BCUT2D eigenvalue weighted by atomic mass is 10.3. The molecule has 0 fully saturated rings. The lowest BCUT2D eigenvalue weighted by Gasteiger charge is -2.08. The van der Waals surface area contributed by atoms with E-state index in [1.54, 1.807) is 18.0 Å². The molecule has 0 aliphatic heterocycles. The van der Waals surface area contributed by atoms with Gasteiger partial charge in [0.1, 0.15) is 5.03 Å². The Bertz CT molecular complexity index is 331. The van der Waals surface area contributed by atoms with Crippen molar-refractivity contribution in [3.05, 3.63) is 11.2 Å². The molecule has 0 amide bonds. The van der Waals surface area contributed by atoms with E-state index >= 15 is 0 Å². The lowest BCUT2D eigenvalue weighted by molar-refractivity contribution is 0.749. The summed E-state index contributed by atoms with van der Waals surface area (Å²) in [4.78, 5) is 8.53. The van der Waals surface area contributed by atoms with Gasteiger partial charge in [-0.15, -0.1) is 11.8 Å². The number of aromatic nitrogens is 2. The van der Waals surface area contributed by atoms with Crippen LogP contribution >= 0.6 is 23.4 Å². The summed E-state index contributed by atoms with van der Waals surface area (Å²) in [7, 11) is 0. The molecule has 1 rings (SSSR count). The minimum Gasteiger partial charge on any atom is -0.354 e. The van der Waals surface area contributed by atoms with Crippen LogP contribution in [0, 0.1) is 5.92 Å². The average Bonchev–Trinajstić information content (AvgIpc) is 2.26. The summed E-state index contributed by atoms with van der Waals surface area (Å²) in [5, 5.41) is 4.65. The van der Waals surface area contributed by atoms with Gasteiger partial charge in [0.25, 0.3) is 0 Å². The maximum atomic E-state index is 6.04. The molecule has 0 bridgehead atoms. The summed E-state index contributed by atoms with van der Waals surface area (Å²) < 4.78 is 0. The van der Waals surface area contributed by atoms with E-state index in [-0.39, 0.29) is 0 Å². The molecule has 1 aromatic heterocycles. The zero-order chi connectivity index (χ0) is 12.0. The molecule has 16 heavy (non-hydrogen) atoms. The van der Waals surface area contributed by atoms with Gasteiger partial charge < -0.3 is 5.32 Å². The summed E-state index contributed by atoms with van der Waals surface area (Å²) in [6.07, 6.45) is 2.72. The van der Waals surface area contributed by atoms with E-state index in [1.807, 2.05) is 0 Å². The zero-order valence-corrected chi connectivity index (χ0v) is 11.5. The van der Waals surface area contributed by atoms with Crippen molar-refractivity contribution in [1.82, 2.24) is 9.97 Å². The minimum absolute atomic E-state index is 0.628. The van der Waals surface area contributed by atoms with E-state index in [9.17, 15) is 0 Å². The van der Waals surface area contributed by atoms with Gasteiger partial charge in [0.2, 0.25) is 5.95 Å². The van der Waals surface area contributed by atoms with Gasteiger partial charge >= 0.3 is 0 Å². The van der Waals surface area contributed by atoms with Crippen LogP contribution in [0.25, 0.3) is 0 Å². The second-order valence-electron chi connectivity index (χ2n) is 3.98. The minimum atomic E-state index is 0.628. The van der Waals surface area contributed by atoms with Crippen molar-refractivity contribution in [2.45, 2.75) is 32.2 Å². The Hall–Kier alpha value is -0.480. The first-order chi connectivity index (χ1) is 7.63. The van der Waals surface area contributed by atoms with Gasteiger partial charge in [0.15, 0.2) is 0 Å². The third-order valence-electron chi connectivity index (χ3n) is 1.80. The zero-order valence-electron chi connectivity index (χ0n) is 9.96. The predicted octanol–water partition coefficient (Wildman–Crippen LogP) is 3.70. The molecule has 0 aliphatic rings. The second kappa shape index (κ2) is 6.97. The molecule has 0 saturated carbocycles. The molecule has 0 aliphatic carbocycles. The number of nitrogens with one attached hydrogen (secondary N) is 1. The number of hydrogen-bond donors (Lipinski definition) is 1. The summed E-state index contributed by atoms with van der Waals surface area (Å²) in [6.45, 7) is 7.35. The van der Waals surface area contributed by atoms with Gasteiger partial charge in [0.05, 0.1) is 11.2 Å². The van der Waals surface area contributed by atoms with Gasteiger partial charge in [-0.3, -0.25) is 0 Å². The Kier molecular flexibility index (Phi) is 5.91. The van der Waals surface area contributed by atoms with Crippen molar-refractivity contribution >= 4 is 29.3 Å². The van der Waals surface area contributed by atoms with Crippen LogP contribution < -0.4 is 5.32 Å². The van der Waals surface area contributed by atoms with Crippen molar-refractivity contribution in [2.75, 3.05) is 17.6 Å². The quantitative estimate of drug-likeness (QED) is 0.624. The highest BCUT2D eigenvalue weighted by Gasteiger charge is 2.06. The highest BCUT2D eigenvalue weighted by molar-refractivity contribution is 7.99. The first-order valence-corrected chi connectivity index (χ1v) is 6.89. The van der Waals surface area contributed by atoms with E-state index in [2.05, 4.69) is 36.1 Å². The fourth-order valence-corrected chi connectivity index (χ4v) is 2.11.